The normalized spacial score (nSPS) is 28.9. The Morgan fingerprint density at radius 3 is 2.35 bits per heavy atom. The van der Waals surface area contributed by atoms with Crippen molar-refractivity contribution in [2.75, 3.05) is 14.1 Å². The molecule has 0 radical (unpaired) electrons. The summed E-state index contributed by atoms with van der Waals surface area (Å²) in [5, 5.41) is 22.2. The maximum absolute atomic E-state index is 14.0. The summed E-state index contributed by atoms with van der Waals surface area (Å²) in [4.78, 5) is 68.1. The van der Waals surface area contributed by atoms with E-state index in [2.05, 4.69) is 0 Å². The molecule has 0 bridgehead atoms. The number of halogens is 4. The Labute approximate surface area is 247 Å². The van der Waals surface area contributed by atoms with Gasteiger partial charge in [-0.15, -0.1) is 0 Å². The van der Waals surface area contributed by atoms with Crippen molar-refractivity contribution in [2.45, 2.75) is 37.2 Å². The highest BCUT2D eigenvalue weighted by Gasteiger charge is 2.69. The van der Waals surface area contributed by atoms with Crippen molar-refractivity contribution in [3.05, 3.63) is 51.5 Å². The summed E-state index contributed by atoms with van der Waals surface area (Å²) in [5.74, 6) is -12.5. The van der Waals surface area contributed by atoms with E-state index >= 15 is 0 Å². The summed E-state index contributed by atoms with van der Waals surface area (Å²) in [5.41, 5.74) is 7.00. The number of primary amides is 1. The van der Waals surface area contributed by atoms with Gasteiger partial charge in [0, 0.05) is 18.0 Å². The number of aromatic hydroxyl groups is 1. The van der Waals surface area contributed by atoms with Gasteiger partial charge in [0.25, 0.3) is 0 Å². The first-order valence-electron chi connectivity index (χ1n) is 13.3. The Morgan fingerprint density at radius 1 is 1.14 bits per heavy atom. The number of benzene rings is 2. The van der Waals surface area contributed by atoms with Gasteiger partial charge in [-0.25, -0.2) is 0 Å². The van der Waals surface area contributed by atoms with Crippen LogP contribution in [0.15, 0.2) is 24.3 Å². The summed E-state index contributed by atoms with van der Waals surface area (Å²) in [6.45, 7) is -0.321. The van der Waals surface area contributed by atoms with Crippen LogP contribution in [0.2, 0.25) is 5.02 Å². The topological polar surface area (TPSA) is 181 Å². The largest absolute Gasteiger partial charge is 0.507 e. The molecule has 3 aliphatic rings. The molecule has 2 fully saturated rings. The molecule has 2 saturated carbocycles. The number of likely N-dealkylation sites (N-methyl/N-ethyl adjacent to an activating group) is 1. The van der Waals surface area contributed by atoms with E-state index in [0.717, 1.165) is 12.1 Å². The van der Waals surface area contributed by atoms with Gasteiger partial charge in [-0.2, -0.15) is 13.2 Å². The summed E-state index contributed by atoms with van der Waals surface area (Å²) < 4.78 is 41.1. The Kier molecular flexibility index (Phi) is 7.32. The second-order valence-electron chi connectivity index (χ2n) is 11.5. The maximum atomic E-state index is 14.0. The number of hydrogen-bond donors (Lipinski definition) is 4. The van der Waals surface area contributed by atoms with Crippen LogP contribution in [-0.2, 0) is 38.3 Å². The fourth-order valence-corrected chi connectivity index (χ4v) is 7.28. The average molecular weight is 622 g/mol. The summed E-state index contributed by atoms with van der Waals surface area (Å²) in [6, 6.07) is 3.24. The molecule has 1 amide bonds. The predicted molar refractivity (Wildman–Crippen MR) is 145 cm³/mol. The number of aliphatic hydroxyl groups is 1. The van der Waals surface area contributed by atoms with Crippen molar-refractivity contribution in [2.24, 2.45) is 35.1 Å². The minimum Gasteiger partial charge on any atom is -0.507 e. The molecule has 0 aliphatic heterocycles. The molecule has 43 heavy (non-hydrogen) atoms. The lowest BCUT2D eigenvalue weighted by molar-refractivity contribution is -0.181. The monoisotopic (exact) mass is 621 g/mol. The van der Waals surface area contributed by atoms with E-state index in [1.165, 1.54) is 31.1 Å². The Balaban J connectivity index is 1.71. The number of carbonyl (C=O) groups excluding carboxylic acids is 5. The number of nitrogens with two attached hydrogens (primary N) is 2. The van der Waals surface area contributed by atoms with Crippen LogP contribution in [0.25, 0.3) is 11.1 Å². The van der Waals surface area contributed by atoms with E-state index < -0.39 is 86.9 Å². The lowest BCUT2D eigenvalue weighted by Crippen LogP contribution is -2.74. The quantitative estimate of drug-likeness (QED) is 0.369. The lowest BCUT2D eigenvalue weighted by Gasteiger charge is -2.52. The first kappa shape index (κ1) is 30.8. The molecular formula is C29H27ClF3N3O7. The maximum Gasteiger partial charge on any atom is 0.417 e. The molecule has 0 saturated heterocycles. The Hall–Kier alpha value is -3.65. The zero-order valence-corrected chi connectivity index (χ0v) is 23.6. The number of rotatable bonds is 4. The fourth-order valence-electron chi connectivity index (χ4n) is 7.05. The zero-order chi connectivity index (χ0) is 31.9. The first-order chi connectivity index (χ1) is 20.0. The number of alkyl halides is 3. The number of amides is 1. The van der Waals surface area contributed by atoms with Crippen molar-refractivity contribution in [3.63, 3.8) is 0 Å². The van der Waals surface area contributed by atoms with Crippen molar-refractivity contribution < 1.29 is 47.4 Å². The van der Waals surface area contributed by atoms with E-state index in [0.29, 0.717) is 0 Å². The van der Waals surface area contributed by atoms with Gasteiger partial charge < -0.3 is 21.7 Å². The van der Waals surface area contributed by atoms with Crippen LogP contribution in [-0.4, -0.2) is 69.9 Å². The number of nitrogens with zero attached hydrogens (tertiary/aromatic N) is 1. The van der Waals surface area contributed by atoms with Crippen molar-refractivity contribution in [3.8, 4) is 16.9 Å². The second kappa shape index (κ2) is 10.2. The number of carbonyl (C=O) groups is 5. The zero-order valence-electron chi connectivity index (χ0n) is 22.9. The summed E-state index contributed by atoms with van der Waals surface area (Å²) in [7, 11) is 2.91. The van der Waals surface area contributed by atoms with Gasteiger partial charge in [0.05, 0.1) is 28.1 Å². The minimum atomic E-state index is -4.80. The molecule has 3 aliphatic carbocycles. The van der Waals surface area contributed by atoms with Crippen molar-refractivity contribution >= 4 is 40.6 Å². The minimum absolute atomic E-state index is 0.00436. The molecule has 0 heterocycles. The van der Waals surface area contributed by atoms with Gasteiger partial charge in [-0.3, -0.25) is 28.9 Å². The average Bonchev–Trinajstić information content (AvgIpc) is 2.90. The van der Waals surface area contributed by atoms with E-state index in [-0.39, 0.29) is 47.2 Å². The molecule has 0 spiro atoms. The molecule has 228 valence electrons. The third-order valence-corrected chi connectivity index (χ3v) is 9.27. The Morgan fingerprint density at radius 2 is 1.79 bits per heavy atom. The van der Waals surface area contributed by atoms with Gasteiger partial charge in [0.2, 0.25) is 5.91 Å². The molecule has 0 aromatic heterocycles. The SMILES string of the molecule is CN(C)[C@@H]1C(=O)C(C(N)=O)C(=O)[C@@]2(O)C(=O)C3C(=O)c4c(O)c(CN)cc(-c5ccc(Cl)c(C(F)(F)F)c5)c4C[C@H]3C[C@@H]12. The van der Waals surface area contributed by atoms with E-state index in [1.54, 1.807) is 0 Å². The van der Waals surface area contributed by atoms with Gasteiger partial charge in [0.15, 0.2) is 34.7 Å². The van der Waals surface area contributed by atoms with Gasteiger partial charge in [-0.05, 0) is 67.7 Å². The number of ketones is 4. The molecule has 5 rings (SSSR count). The van der Waals surface area contributed by atoms with Gasteiger partial charge in [-0.1, -0.05) is 17.7 Å². The third kappa shape index (κ3) is 4.40. The fraction of sp³-hybridized carbons (Fsp3) is 0.414. The summed E-state index contributed by atoms with van der Waals surface area (Å²) in [6.07, 6.45) is -5.15. The van der Waals surface area contributed by atoms with Crippen molar-refractivity contribution in [1.82, 2.24) is 4.90 Å². The molecule has 2 unspecified atom stereocenters. The number of phenolic OH excluding ortho intramolecular Hbond substituents is 1. The first-order valence-corrected chi connectivity index (χ1v) is 13.6. The van der Waals surface area contributed by atoms with Crippen LogP contribution < -0.4 is 11.5 Å². The van der Waals surface area contributed by atoms with Gasteiger partial charge in [0.1, 0.15) is 5.75 Å². The molecule has 10 nitrogen and oxygen atoms in total. The molecule has 6 atom stereocenters. The second-order valence-corrected chi connectivity index (χ2v) is 11.9. The van der Waals surface area contributed by atoms with Crippen LogP contribution >= 0.6 is 11.6 Å². The number of Topliss-reactive ketones (excluding diaryl/α,β-unsaturated/α-hetero) is 4. The molecule has 6 N–H and O–H groups in total. The highest BCUT2D eigenvalue weighted by Crippen LogP contribution is 2.52. The number of fused-ring (bicyclic) bond motifs is 3. The highest BCUT2D eigenvalue weighted by molar-refractivity contribution is 6.33. The van der Waals surface area contributed by atoms with E-state index in [1.807, 2.05) is 0 Å². The van der Waals surface area contributed by atoms with Crippen molar-refractivity contribution in [1.29, 1.82) is 0 Å². The predicted octanol–water partition coefficient (Wildman–Crippen LogP) is 1.66. The highest BCUT2D eigenvalue weighted by atomic mass is 35.5. The molecule has 2 aromatic rings. The number of hydrogen-bond acceptors (Lipinski definition) is 9. The molecular weight excluding hydrogens is 595 g/mol. The molecule has 14 heteroatoms. The Bertz CT molecular complexity index is 1630. The van der Waals surface area contributed by atoms with Gasteiger partial charge >= 0.3 is 6.18 Å². The number of phenols is 1. The van der Waals surface area contributed by atoms with Crippen LogP contribution in [0.3, 0.4) is 0 Å². The summed E-state index contributed by atoms with van der Waals surface area (Å²) >= 11 is 5.81. The van der Waals surface area contributed by atoms with E-state index in [4.69, 9.17) is 23.1 Å². The van der Waals surface area contributed by atoms with Crippen LogP contribution in [0.5, 0.6) is 5.75 Å². The van der Waals surface area contributed by atoms with Crippen LogP contribution in [0, 0.1) is 23.7 Å². The third-order valence-electron chi connectivity index (χ3n) is 8.94. The molecule has 2 aromatic carbocycles. The lowest BCUT2D eigenvalue weighted by atomic mass is 9.52. The van der Waals surface area contributed by atoms with E-state index in [9.17, 15) is 47.4 Å². The van der Waals surface area contributed by atoms with Crippen LogP contribution in [0.4, 0.5) is 13.2 Å². The van der Waals surface area contributed by atoms with Crippen LogP contribution in [0.1, 0.15) is 33.5 Å². The smallest absolute Gasteiger partial charge is 0.417 e. The standard InChI is InChI=1S/C29H27ClF3N3O7/c1-36(2)21-16-8-11-5-14-13(10-3-4-17(30)15(7-10)29(31,32)33)6-12(9-34)22(37)19(14)23(38)18(11)25(40)28(16,43)26(41)20(24(21)39)27(35)42/h3-4,6-7,11,16,18,20-21,37,43H,5,8-9,34H2,1-2H3,(H2,35,42)/t11-,16-,18?,20?,21-,28-/m0/s1.